The number of hydrogen-bond donors (Lipinski definition) is 0. The van der Waals surface area contributed by atoms with Gasteiger partial charge in [-0.3, -0.25) is 0 Å². The van der Waals surface area contributed by atoms with Gasteiger partial charge in [0.1, 0.15) is 5.58 Å². The fourth-order valence-electron chi connectivity index (χ4n) is 5.64. The average Bonchev–Trinajstić information content (AvgIpc) is 3.61. The van der Waals surface area contributed by atoms with Gasteiger partial charge in [0.05, 0.1) is 13.7 Å². The molecule has 4 heterocycles. The van der Waals surface area contributed by atoms with Crippen LogP contribution in [0.15, 0.2) is 114 Å². The van der Waals surface area contributed by atoms with Crippen LogP contribution in [-0.2, 0) is 20.1 Å². The van der Waals surface area contributed by atoms with Gasteiger partial charge < -0.3 is 14.4 Å². The van der Waals surface area contributed by atoms with Gasteiger partial charge in [-0.25, -0.2) is 0 Å². The Balaban J connectivity index is 0.000000187. The first-order chi connectivity index (χ1) is 21.8. The van der Waals surface area contributed by atoms with Crippen molar-refractivity contribution in [3.63, 3.8) is 0 Å². The minimum atomic E-state index is -1.23. The van der Waals surface area contributed by atoms with Crippen LogP contribution in [0.3, 0.4) is 0 Å². The van der Waals surface area contributed by atoms with Crippen molar-refractivity contribution in [2.24, 2.45) is 0 Å². The van der Waals surface area contributed by atoms with E-state index in [2.05, 4.69) is 122 Å². The molecule has 0 aliphatic carbocycles. The summed E-state index contributed by atoms with van der Waals surface area (Å²) in [5.74, 6) is 0.451. The van der Waals surface area contributed by atoms with E-state index in [0.29, 0.717) is 5.92 Å². The van der Waals surface area contributed by atoms with Crippen LogP contribution in [0.4, 0.5) is 0 Å². The second kappa shape index (κ2) is 13.1. The van der Waals surface area contributed by atoms with Crippen molar-refractivity contribution in [1.29, 1.82) is 0 Å². The Labute approximate surface area is 288 Å². The molecule has 0 spiro atoms. The molecular weight excluding hydrogens is 777 g/mol. The Bertz CT molecular complexity index is 2280. The van der Waals surface area contributed by atoms with Gasteiger partial charge in [0.15, 0.2) is 0 Å². The standard InChI is InChI=1S/C26H18NOS.C14H16NSi.Ir/c1-15(2)16-10-11-27-22(12-16)19-8-5-7-18-20-14-25-21(13-23(20)28-26(18)19)17-6-3-4-9-24(17)29-25;1-16(2,3)13-9-10-14(15-11-13)12-7-5-4-6-8-12;/h3-7,9-15H,1-2H3;4-7,9-11H,1-3H3;/q2*-1;. The molecule has 8 rings (SSSR count). The van der Waals surface area contributed by atoms with Crippen LogP contribution >= 0.6 is 11.3 Å². The van der Waals surface area contributed by atoms with E-state index in [1.807, 2.05) is 54.1 Å². The van der Waals surface area contributed by atoms with E-state index in [0.717, 1.165) is 44.5 Å². The second-order valence-corrected chi connectivity index (χ2v) is 18.9. The average molecular weight is 811 g/mol. The minimum Gasteiger partial charge on any atom is -0.501 e. The molecule has 0 N–H and O–H groups in total. The van der Waals surface area contributed by atoms with Crippen molar-refractivity contribution >= 4 is 66.7 Å². The molecule has 0 amide bonds. The maximum Gasteiger partial charge on any atom is 0.121 e. The van der Waals surface area contributed by atoms with Crippen molar-refractivity contribution in [2.75, 3.05) is 0 Å². The van der Waals surface area contributed by atoms with Crippen molar-refractivity contribution in [1.82, 2.24) is 9.97 Å². The number of thiophene rings is 1. The van der Waals surface area contributed by atoms with Gasteiger partial charge in [-0.05, 0) is 46.8 Å². The summed E-state index contributed by atoms with van der Waals surface area (Å²) < 4.78 is 8.99. The molecule has 0 unspecified atom stereocenters. The Morgan fingerprint density at radius 1 is 0.717 bits per heavy atom. The molecule has 8 aromatic rings. The summed E-state index contributed by atoms with van der Waals surface area (Å²) >= 11 is 1.83. The molecule has 0 saturated heterocycles. The van der Waals surface area contributed by atoms with Gasteiger partial charge in [0.2, 0.25) is 0 Å². The zero-order chi connectivity index (χ0) is 31.1. The molecule has 0 fully saturated rings. The quantitative estimate of drug-likeness (QED) is 0.131. The van der Waals surface area contributed by atoms with Gasteiger partial charge in [-0.2, -0.15) is 0 Å². The summed E-state index contributed by atoms with van der Waals surface area (Å²) in [6.45, 7) is 11.4. The Morgan fingerprint density at radius 2 is 1.54 bits per heavy atom. The normalized spacial score (nSPS) is 11.6. The molecule has 1 radical (unpaired) electrons. The number of fused-ring (bicyclic) bond motifs is 6. The Morgan fingerprint density at radius 3 is 2.28 bits per heavy atom. The molecule has 0 aliphatic heterocycles. The van der Waals surface area contributed by atoms with Crippen molar-refractivity contribution in [3.8, 4) is 22.5 Å². The van der Waals surface area contributed by atoms with Crippen LogP contribution in [-0.4, -0.2) is 18.0 Å². The molecule has 3 nitrogen and oxygen atoms in total. The molecule has 0 saturated carbocycles. The summed E-state index contributed by atoms with van der Waals surface area (Å²) in [7, 11) is -1.23. The molecule has 4 aromatic carbocycles. The Hall–Kier alpha value is -3.93. The monoisotopic (exact) mass is 811 g/mol. The molecular formula is C40H34IrN2OSSi-2. The van der Waals surface area contributed by atoms with Crippen LogP contribution in [0.5, 0.6) is 0 Å². The van der Waals surface area contributed by atoms with Crippen molar-refractivity contribution in [2.45, 2.75) is 39.4 Å². The van der Waals surface area contributed by atoms with Crippen LogP contribution in [0.25, 0.3) is 64.6 Å². The van der Waals surface area contributed by atoms with E-state index in [4.69, 9.17) is 4.42 Å². The van der Waals surface area contributed by atoms with Crippen LogP contribution in [0.2, 0.25) is 19.6 Å². The molecule has 0 atom stereocenters. The van der Waals surface area contributed by atoms with Gasteiger partial charge in [0, 0.05) is 58.1 Å². The number of hydrogen-bond acceptors (Lipinski definition) is 4. The van der Waals surface area contributed by atoms with Crippen LogP contribution in [0.1, 0.15) is 25.3 Å². The third kappa shape index (κ3) is 6.23. The molecule has 6 heteroatoms. The van der Waals surface area contributed by atoms with E-state index in [9.17, 15) is 0 Å². The summed E-state index contributed by atoms with van der Waals surface area (Å²) in [5, 5.41) is 6.20. The van der Waals surface area contributed by atoms with E-state index in [1.165, 1.54) is 30.9 Å². The minimum absolute atomic E-state index is 0. The molecule has 0 aliphatic rings. The number of rotatable bonds is 4. The number of pyridine rings is 2. The predicted octanol–water partition coefficient (Wildman–Crippen LogP) is 11.0. The first-order valence-corrected chi connectivity index (χ1v) is 19.7. The van der Waals surface area contributed by atoms with E-state index >= 15 is 0 Å². The molecule has 0 bridgehead atoms. The fourth-order valence-corrected chi connectivity index (χ4v) is 7.80. The maximum absolute atomic E-state index is 6.40. The maximum atomic E-state index is 6.40. The van der Waals surface area contributed by atoms with E-state index in [1.54, 1.807) is 0 Å². The first kappa shape index (κ1) is 32.0. The first-order valence-electron chi connectivity index (χ1n) is 15.3. The van der Waals surface area contributed by atoms with Crippen molar-refractivity contribution in [3.05, 3.63) is 127 Å². The molecule has 231 valence electrons. The summed E-state index contributed by atoms with van der Waals surface area (Å²) in [5.41, 5.74) is 6.94. The predicted molar refractivity (Wildman–Crippen MR) is 194 cm³/mol. The van der Waals surface area contributed by atoms with E-state index in [-0.39, 0.29) is 20.1 Å². The van der Waals surface area contributed by atoms with Gasteiger partial charge >= 0.3 is 0 Å². The fraction of sp³-hybridized carbons (Fsp3) is 0.150. The topological polar surface area (TPSA) is 38.9 Å². The second-order valence-electron chi connectivity index (χ2n) is 12.7. The van der Waals surface area contributed by atoms with Crippen LogP contribution < -0.4 is 5.19 Å². The molecule has 4 aromatic heterocycles. The van der Waals surface area contributed by atoms with E-state index < -0.39 is 8.07 Å². The van der Waals surface area contributed by atoms with Crippen LogP contribution in [0, 0.1) is 12.1 Å². The summed E-state index contributed by atoms with van der Waals surface area (Å²) in [6.07, 6.45) is 3.89. The number of benzene rings is 4. The number of aromatic nitrogens is 2. The summed E-state index contributed by atoms with van der Waals surface area (Å²) in [6, 6.07) is 40.1. The number of nitrogens with zero attached hydrogens (tertiary/aromatic N) is 2. The Kier molecular flexibility index (Phi) is 9.09. The number of furan rings is 1. The SMILES string of the molecule is CC(C)c1ccnc(-c2[c-]ccc3c2oc2cc4c(cc23)sc2ccccc24)c1.C[Si](C)(C)c1ccc(-c2[c-]cccc2)nc1.[Ir]. The third-order valence-corrected chi connectivity index (χ3v) is 11.4. The molecule has 46 heavy (non-hydrogen) atoms. The smallest absolute Gasteiger partial charge is 0.121 e. The largest absolute Gasteiger partial charge is 0.501 e. The zero-order valence-corrected chi connectivity index (χ0v) is 30.7. The van der Waals surface area contributed by atoms with Gasteiger partial charge in [0.25, 0.3) is 0 Å². The van der Waals surface area contributed by atoms with Crippen molar-refractivity contribution < 1.29 is 24.5 Å². The summed E-state index contributed by atoms with van der Waals surface area (Å²) in [4.78, 5) is 9.13. The third-order valence-electron chi connectivity index (χ3n) is 8.25. The van der Waals surface area contributed by atoms with Gasteiger partial charge in [-0.1, -0.05) is 86.4 Å². The van der Waals surface area contributed by atoms with Gasteiger partial charge in [-0.15, -0.1) is 65.4 Å². The zero-order valence-electron chi connectivity index (χ0n) is 26.5.